The Bertz CT molecular complexity index is 756. The van der Waals surface area contributed by atoms with E-state index in [1.807, 2.05) is 0 Å². The summed E-state index contributed by atoms with van der Waals surface area (Å²) in [6, 6.07) is 10.2. The van der Waals surface area contributed by atoms with Gasteiger partial charge in [-0.05, 0) is 42.5 Å². The van der Waals surface area contributed by atoms with Crippen LogP contribution < -0.4 is 4.90 Å². The number of hydrogen-bond acceptors (Lipinski definition) is 5. The summed E-state index contributed by atoms with van der Waals surface area (Å²) in [5, 5.41) is 2.10. The van der Waals surface area contributed by atoms with Crippen molar-refractivity contribution in [1.29, 1.82) is 0 Å². The molecule has 1 aliphatic heterocycles. The summed E-state index contributed by atoms with van der Waals surface area (Å²) in [6.07, 6.45) is 1.62. The summed E-state index contributed by atoms with van der Waals surface area (Å²) in [6.45, 7) is 2.51. The van der Waals surface area contributed by atoms with Crippen LogP contribution in [0.2, 0.25) is 0 Å². The molecule has 0 radical (unpaired) electrons. The number of methoxy groups -OCH3 is 2. The van der Waals surface area contributed by atoms with E-state index in [-0.39, 0.29) is 30.5 Å². The highest BCUT2D eigenvalue weighted by Gasteiger charge is 2.36. The largest absolute Gasteiger partial charge is 0.378 e. The molecule has 2 heterocycles. The molecule has 28 heavy (non-hydrogen) atoms. The molecule has 152 valence electrons. The second kappa shape index (κ2) is 10.1. The van der Waals surface area contributed by atoms with E-state index in [2.05, 4.69) is 22.4 Å². The van der Waals surface area contributed by atoms with E-state index in [1.165, 1.54) is 24.1 Å². The highest BCUT2D eigenvalue weighted by molar-refractivity contribution is 7.09. The van der Waals surface area contributed by atoms with Crippen LogP contribution in [0.5, 0.6) is 0 Å². The first-order chi connectivity index (χ1) is 13.6. The van der Waals surface area contributed by atoms with Gasteiger partial charge in [0, 0.05) is 44.4 Å². The number of carbonyl (C=O) groups excluding carboxylic acids is 1. The van der Waals surface area contributed by atoms with Gasteiger partial charge in [-0.1, -0.05) is 12.1 Å². The van der Waals surface area contributed by atoms with Crippen molar-refractivity contribution in [2.45, 2.75) is 25.0 Å². The lowest BCUT2D eigenvalue weighted by molar-refractivity contribution is -0.123. The lowest BCUT2D eigenvalue weighted by atomic mass is 9.98. The maximum absolute atomic E-state index is 13.8. The van der Waals surface area contributed by atoms with Gasteiger partial charge in [0.2, 0.25) is 0 Å². The average molecular weight is 407 g/mol. The molecule has 0 unspecified atom stereocenters. The van der Waals surface area contributed by atoms with Gasteiger partial charge in [-0.3, -0.25) is 4.79 Å². The van der Waals surface area contributed by atoms with Crippen molar-refractivity contribution in [2.75, 3.05) is 45.4 Å². The van der Waals surface area contributed by atoms with E-state index in [4.69, 9.17) is 9.47 Å². The molecular weight excluding hydrogens is 379 g/mol. The smallest absolute Gasteiger partial charge is 0.253 e. The Morgan fingerprint density at radius 1 is 1.32 bits per heavy atom. The monoisotopic (exact) mass is 406 g/mol. The van der Waals surface area contributed by atoms with Crippen LogP contribution in [0.3, 0.4) is 0 Å². The molecule has 1 aromatic heterocycles. The number of ether oxygens (including phenoxy) is 2. The van der Waals surface area contributed by atoms with Crippen molar-refractivity contribution in [3.05, 3.63) is 52.5 Å². The number of anilines is 1. The third-order valence-electron chi connectivity index (χ3n) is 5.12. The molecule has 7 heteroatoms. The second-order valence-electron chi connectivity index (χ2n) is 6.94. The number of rotatable bonds is 8. The van der Waals surface area contributed by atoms with Crippen LogP contribution in [0, 0.1) is 5.82 Å². The fourth-order valence-electron chi connectivity index (χ4n) is 3.76. The number of likely N-dealkylation sites (tertiary alicyclic amines) is 1. The van der Waals surface area contributed by atoms with E-state index in [0.717, 1.165) is 32.5 Å². The number of thiophene rings is 1. The van der Waals surface area contributed by atoms with Gasteiger partial charge in [0.05, 0.1) is 12.1 Å². The van der Waals surface area contributed by atoms with Crippen molar-refractivity contribution in [3.8, 4) is 0 Å². The predicted octanol–water partition coefficient (Wildman–Crippen LogP) is 3.20. The molecule has 1 aromatic carbocycles. The fourth-order valence-corrected chi connectivity index (χ4v) is 4.46. The van der Waals surface area contributed by atoms with Crippen LogP contribution in [-0.2, 0) is 20.7 Å². The molecule has 1 fully saturated rings. The SMILES string of the molecule is COCC(=O)N(c1cccc(F)c1)[C@H]1CCN(CCc2cccs2)C[C@H]1OC. The standard InChI is InChI=1S/C21H27FN2O3S/c1-26-15-21(25)24(17-6-3-5-16(22)13-17)19-9-11-23(14-20(19)27-2)10-8-18-7-4-12-28-18/h3-7,12-13,19-20H,8-11,14-15H2,1-2H3/t19-,20+/m0/s1. The van der Waals surface area contributed by atoms with Crippen LogP contribution >= 0.6 is 11.3 Å². The maximum atomic E-state index is 13.8. The zero-order chi connectivity index (χ0) is 19.9. The number of amides is 1. The highest BCUT2D eigenvalue weighted by Crippen LogP contribution is 2.26. The molecule has 1 amide bonds. The summed E-state index contributed by atoms with van der Waals surface area (Å²) in [5.41, 5.74) is 0.543. The maximum Gasteiger partial charge on any atom is 0.253 e. The van der Waals surface area contributed by atoms with Gasteiger partial charge in [0.15, 0.2) is 0 Å². The summed E-state index contributed by atoms with van der Waals surface area (Å²) in [5.74, 6) is -0.553. The number of hydrogen-bond donors (Lipinski definition) is 0. The summed E-state index contributed by atoms with van der Waals surface area (Å²) in [7, 11) is 3.16. The first-order valence-corrected chi connectivity index (χ1v) is 10.3. The highest BCUT2D eigenvalue weighted by atomic mass is 32.1. The van der Waals surface area contributed by atoms with Gasteiger partial charge in [0.25, 0.3) is 5.91 Å². The molecule has 5 nitrogen and oxygen atoms in total. The predicted molar refractivity (Wildman–Crippen MR) is 109 cm³/mol. The third-order valence-corrected chi connectivity index (χ3v) is 6.06. The van der Waals surface area contributed by atoms with Gasteiger partial charge < -0.3 is 19.3 Å². The van der Waals surface area contributed by atoms with Crippen molar-refractivity contribution in [1.82, 2.24) is 4.90 Å². The minimum atomic E-state index is -0.366. The molecule has 0 bridgehead atoms. The summed E-state index contributed by atoms with van der Waals surface area (Å²) >= 11 is 1.77. The van der Waals surface area contributed by atoms with Crippen molar-refractivity contribution in [3.63, 3.8) is 0 Å². The third kappa shape index (κ3) is 5.17. The Morgan fingerprint density at radius 3 is 2.86 bits per heavy atom. The van der Waals surface area contributed by atoms with E-state index in [0.29, 0.717) is 5.69 Å². The molecule has 1 aliphatic rings. The van der Waals surface area contributed by atoms with Gasteiger partial charge in [0.1, 0.15) is 12.4 Å². The van der Waals surface area contributed by atoms with Gasteiger partial charge >= 0.3 is 0 Å². The van der Waals surface area contributed by atoms with Crippen LogP contribution in [0.25, 0.3) is 0 Å². The fraction of sp³-hybridized carbons (Fsp3) is 0.476. The van der Waals surface area contributed by atoms with Crippen molar-refractivity contribution in [2.24, 2.45) is 0 Å². The normalized spacial score (nSPS) is 20.2. The molecule has 2 atom stereocenters. The number of nitrogens with zero attached hydrogens (tertiary/aromatic N) is 2. The Kier molecular flexibility index (Phi) is 7.56. The van der Waals surface area contributed by atoms with E-state index < -0.39 is 0 Å². The number of piperidine rings is 1. The van der Waals surface area contributed by atoms with Crippen LogP contribution in [0.15, 0.2) is 41.8 Å². The van der Waals surface area contributed by atoms with Gasteiger partial charge in [-0.15, -0.1) is 11.3 Å². The van der Waals surface area contributed by atoms with E-state index >= 15 is 0 Å². The summed E-state index contributed by atoms with van der Waals surface area (Å²) < 4.78 is 24.6. The first-order valence-electron chi connectivity index (χ1n) is 9.46. The minimum Gasteiger partial charge on any atom is -0.378 e. The molecule has 1 saturated heterocycles. The van der Waals surface area contributed by atoms with Crippen molar-refractivity contribution >= 4 is 22.9 Å². The van der Waals surface area contributed by atoms with E-state index in [9.17, 15) is 9.18 Å². The minimum absolute atomic E-state index is 0.0501. The lowest BCUT2D eigenvalue weighted by Crippen LogP contribution is -2.57. The Morgan fingerprint density at radius 2 is 2.18 bits per heavy atom. The number of carbonyl (C=O) groups is 1. The Balaban J connectivity index is 1.73. The first kappa shape index (κ1) is 20.9. The van der Waals surface area contributed by atoms with Crippen LogP contribution in [-0.4, -0.2) is 63.4 Å². The molecule has 2 aromatic rings. The number of benzene rings is 1. The Hall–Kier alpha value is -1.80. The quantitative estimate of drug-likeness (QED) is 0.675. The molecule has 0 spiro atoms. The Labute approximate surface area is 169 Å². The molecule has 0 saturated carbocycles. The molecule has 0 N–H and O–H groups in total. The van der Waals surface area contributed by atoms with Gasteiger partial charge in [-0.25, -0.2) is 4.39 Å². The second-order valence-corrected chi connectivity index (χ2v) is 7.97. The van der Waals surface area contributed by atoms with Crippen molar-refractivity contribution < 1.29 is 18.7 Å². The zero-order valence-electron chi connectivity index (χ0n) is 16.3. The lowest BCUT2D eigenvalue weighted by Gasteiger charge is -2.43. The average Bonchev–Trinajstić information content (AvgIpc) is 3.21. The van der Waals surface area contributed by atoms with Crippen LogP contribution in [0.1, 0.15) is 11.3 Å². The zero-order valence-corrected chi connectivity index (χ0v) is 17.2. The van der Waals surface area contributed by atoms with Crippen LogP contribution in [0.4, 0.5) is 10.1 Å². The van der Waals surface area contributed by atoms with E-state index in [1.54, 1.807) is 35.5 Å². The topological polar surface area (TPSA) is 42.0 Å². The molecule has 3 rings (SSSR count). The number of halogens is 1. The van der Waals surface area contributed by atoms with Gasteiger partial charge in [-0.2, -0.15) is 0 Å². The molecular formula is C21H27FN2O3S. The summed E-state index contributed by atoms with van der Waals surface area (Å²) in [4.78, 5) is 18.2. The molecule has 0 aliphatic carbocycles.